The first-order valence-corrected chi connectivity index (χ1v) is 6.77. The first kappa shape index (κ1) is 14.6. The Hall–Kier alpha value is -2.33. The van der Waals surface area contributed by atoms with E-state index in [2.05, 4.69) is 14.7 Å². The largest absolute Gasteiger partial charge is 0.465 e. The number of nitrogen functional groups attached to an aromatic ring is 1. The molecule has 120 valence electrons. The average Bonchev–Trinajstić information content (AvgIpc) is 2.97. The fraction of sp³-hybridized carbons (Fsp3) is 0.583. The second kappa shape index (κ2) is 5.46. The normalized spacial score (nSPS) is 27.1. The van der Waals surface area contributed by atoms with E-state index < -0.39 is 18.4 Å². The molecule has 22 heavy (non-hydrogen) atoms. The van der Waals surface area contributed by atoms with Crippen molar-refractivity contribution in [3.8, 4) is 0 Å². The van der Waals surface area contributed by atoms with Crippen LogP contribution < -0.4 is 21.1 Å². The molecule has 1 aromatic rings. The number of hydrogen-bond acceptors (Lipinski definition) is 9. The molecule has 0 radical (unpaired) electrons. The van der Waals surface area contributed by atoms with Crippen LogP contribution >= 0.6 is 0 Å². The molecule has 4 N–H and O–H groups in total. The van der Waals surface area contributed by atoms with E-state index in [0.29, 0.717) is 31.1 Å². The van der Waals surface area contributed by atoms with E-state index in [0.717, 1.165) is 0 Å². The van der Waals surface area contributed by atoms with Crippen LogP contribution in [0.3, 0.4) is 0 Å². The number of aliphatic hydroxyl groups is 1. The number of fused-ring (bicyclic) bond motifs is 1. The Balaban J connectivity index is 1.84. The summed E-state index contributed by atoms with van der Waals surface area (Å²) in [6, 6.07) is 0. The monoisotopic (exact) mass is 311 g/mol. The number of nitrogens with two attached hydrogens (primary N) is 1. The number of aliphatic hydroxyl groups excluding tert-OH is 1. The molecule has 0 aromatic carbocycles. The van der Waals surface area contributed by atoms with Crippen molar-refractivity contribution in [3.05, 3.63) is 10.4 Å². The predicted octanol–water partition coefficient (Wildman–Crippen LogP) is -1.79. The first-order chi connectivity index (χ1) is 10.5. The van der Waals surface area contributed by atoms with Gasteiger partial charge in [-0.05, 0) is 0 Å². The van der Waals surface area contributed by atoms with Gasteiger partial charge in [-0.2, -0.15) is 4.98 Å². The predicted molar refractivity (Wildman–Crippen MR) is 76.3 cm³/mol. The van der Waals surface area contributed by atoms with Crippen molar-refractivity contribution < 1.29 is 19.4 Å². The van der Waals surface area contributed by atoms with Gasteiger partial charge >= 0.3 is 0 Å². The molecule has 10 heteroatoms. The number of carbonyl (C=O) groups excluding carboxylic acids is 1. The van der Waals surface area contributed by atoms with E-state index >= 15 is 0 Å². The fourth-order valence-corrected chi connectivity index (χ4v) is 2.80. The molecule has 0 saturated carbocycles. The molecule has 0 spiro atoms. The molecule has 0 aliphatic carbocycles. The summed E-state index contributed by atoms with van der Waals surface area (Å²) >= 11 is 0. The van der Waals surface area contributed by atoms with Crippen LogP contribution in [0.25, 0.3) is 0 Å². The van der Waals surface area contributed by atoms with Gasteiger partial charge in [0.05, 0.1) is 12.8 Å². The van der Waals surface area contributed by atoms with E-state index in [1.165, 1.54) is 0 Å². The smallest absolute Gasteiger partial charge is 0.293 e. The number of rotatable bonds is 4. The van der Waals surface area contributed by atoms with Gasteiger partial charge in [0.2, 0.25) is 5.95 Å². The summed E-state index contributed by atoms with van der Waals surface area (Å²) in [6.07, 6.45) is -1.54. The van der Waals surface area contributed by atoms with Gasteiger partial charge < -0.3 is 30.1 Å². The lowest BCUT2D eigenvalue weighted by atomic mass is 10.2. The zero-order chi connectivity index (χ0) is 15.9. The highest BCUT2D eigenvalue weighted by atomic mass is 16.6. The summed E-state index contributed by atoms with van der Waals surface area (Å²) in [4.78, 5) is 32.3. The molecule has 3 heterocycles. The highest BCUT2D eigenvalue weighted by molar-refractivity contribution is 5.72. The molecule has 1 aromatic heterocycles. The second-order valence-corrected chi connectivity index (χ2v) is 5.29. The lowest BCUT2D eigenvalue weighted by Gasteiger charge is -2.25. The summed E-state index contributed by atoms with van der Waals surface area (Å²) in [6.45, 7) is 0.667. The van der Waals surface area contributed by atoms with Gasteiger partial charge in [-0.25, -0.2) is 0 Å². The summed E-state index contributed by atoms with van der Waals surface area (Å²) in [5, 5.41) is 10.00. The first-order valence-electron chi connectivity index (χ1n) is 6.77. The second-order valence-electron chi connectivity index (χ2n) is 5.29. The summed E-state index contributed by atoms with van der Waals surface area (Å²) < 4.78 is 10.4. The van der Waals surface area contributed by atoms with Crippen molar-refractivity contribution in [2.45, 2.75) is 24.9 Å². The average molecular weight is 311 g/mol. The zero-order valence-corrected chi connectivity index (χ0v) is 11.9. The van der Waals surface area contributed by atoms with Crippen molar-refractivity contribution in [1.29, 1.82) is 0 Å². The number of aromatic amines is 1. The summed E-state index contributed by atoms with van der Waals surface area (Å²) in [5.41, 5.74) is 5.67. The third kappa shape index (κ3) is 2.35. The van der Waals surface area contributed by atoms with Crippen LogP contribution in [0.15, 0.2) is 4.79 Å². The number of nitrogens with zero attached hydrogens (tertiary/aromatic N) is 3. The fourth-order valence-electron chi connectivity index (χ4n) is 2.80. The molecule has 1 fully saturated rings. The van der Waals surface area contributed by atoms with E-state index in [1.54, 1.807) is 16.8 Å². The molecule has 0 amide bonds. The van der Waals surface area contributed by atoms with E-state index in [9.17, 15) is 14.7 Å². The molecule has 0 unspecified atom stereocenters. The van der Waals surface area contributed by atoms with Crippen molar-refractivity contribution in [1.82, 2.24) is 9.97 Å². The van der Waals surface area contributed by atoms with Gasteiger partial charge in [0.25, 0.3) is 12.0 Å². The van der Waals surface area contributed by atoms with Crippen LogP contribution in [0.4, 0.5) is 17.5 Å². The van der Waals surface area contributed by atoms with Crippen molar-refractivity contribution in [3.63, 3.8) is 0 Å². The molecule has 2 aliphatic rings. The van der Waals surface area contributed by atoms with Crippen molar-refractivity contribution >= 4 is 23.9 Å². The number of H-pyrrole nitrogens is 1. The summed E-state index contributed by atoms with van der Waals surface area (Å²) in [7, 11) is 1.75. The Labute approximate surface area is 125 Å². The van der Waals surface area contributed by atoms with Gasteiger partial charge in [0.15, 0.2) is 5.82 Å². The Morgan fingerprint density at radius 1 is 1.64 bits per heavy atom. The number of anilines is 3. The molecular formula is C12H17N5O5. The van der Waals surface area contributed by atoms with Gasteiger partial charge in [-0.15, -0.1) is 0 Å². The third-order valence-corrected chi connectivity index (χ3v) is 3.79. The molecule has 1 saturated heterocycles. The number of ether oxygens (including phenoxy) is 2. The van der Waals surface area contributed by atoms with Crippen LogP contribution in [0, 0.1) is 0 Å². The third-order valence-electron chi connectivity index (χ3n) is 3.79. The topological polar surface area (TPSA) is 134 Å². The molecule has 0 bridgehead atoms. The Morgan fingerprint density at radius 2 is 2.41 bits per heavy atom. The highest BCUT2D eigenvalue weighted by Gasteiger charge is 2.42. The molecular weight excluding hydrogens is 294 g/mol. The highest BCUT2D eigenvalue weighted by Crippen LogP contribution is 2.35. The number of aromatic nitrogens is 2. The summed E-state index contributed by atoms with van der Waals surface area (Å²) in [5.74, 6) is 0.432. The minimum atomic E-state index is -0.765. The van der Waals surface area contributed by atoms with Crippen molar-refractivity contribution in [2.75, 3.05) is 35.9 Å². The minimum absolute atomic E-state index is 0.0171. The number of carbonyl (C=O) groups is 1. The molecule has 3 rings (SSSR count). The molecule has 10 nitrogen and oxygen atoms in total. The lowest BCUT2D eigenvalue weighted by Crippen LogP contribution is -2.38. The van der Waals surface area contributed by atoms with Gasteiger partial charge in [-0.3, -0.25) is 14.6 Å². The number of nitrogens with one attached hydrogen (secondary N) is 1. The van der Waals surface area contributed by atoms with Crippen LogP contribution in [-0.2, 0) is 14.3 Å². The van der Waals surface area contributed by atoms with Gasteiger partial charge in [0.1, 0.15) is 24.6 Å². The van der Waals surface area contributed by atoms with Crippen LogP contribution in [0.5, 0.6) is 0 Å². The number of hydrogen-bond donors (Lipinski definition) is 3. The SMILES string of the molecule is CN1CN([C@H]2C[C@H](O)[C@@H](COC=O)O2)c2nc(N)[nH]c(=O)c21. The maximum atomic E-state index is 12.0. The molecule has 3 atom stereocenters. The Kier molecular flexibility index (Phi) is 3.62. The quantitative estimate of drug-likeness (QED) is 0.551. The standard InChI is InChI=1S/C12H17N5O5/c1-16-4-17(10-9(16)11(20)15-12(13)14-10)8-2-6(19)7(22-8)3-21-5-18/h5-8,19H,2-4H2,1H3,(H3,13,14,15,20)/t6-,7+,8+/m0/s1. The maximum Gasteiger partial charge on any atom is 0.293 e. The van der Waals surface area contributed by atoms with Gasteiger partial charge in [0, 0.05) is 13.5 Å². The van der Waals surface area contributed by atoms with Gasteiger partial charge in [-0.1, -0.05) is 0 Å². The van der Waals surface area contributed by atoms with Crippen LogP contribution in [0.2, 0.25) is 0 Å². The van der Waals surface area contributed by atoms with E-state index in [1.807, 2.05) is 0 Å². The van der Waals surface area contributed by atoms with E-state index in [-0.39, 0.29) is 18.1 Å². The minimum Gasteiger partial charge on any atom is -0.465 e. The van der Waals surface area contributed by atoms with E-state index in [4.69, 9.17) is 10.5 Å². The zero-order valence-electron chi connectivity index (χ0n) is 11.9. The lowest BCUT2D eigenvalue weighted by molar-refractivity contribution is -0.134. The van der Waals surface area contributed by atoms with Crippen LogP contribution in [0.1, 0.15) is 6.42 Å². The maximum absolute atomic E-state index is 12.0. The Morgan fingerprint density at radius 3 is 3.14 bits per heavy atom. The van der Waals surface area contributed by atoms with Crippen LogP contribution in [-0.4, -0.2) is 60.3 Å². The molecule has 2 aliphatic heterocycles. The Bertz CT molecular complexity index is 635. The van der Waals surface area contributed by atoms with Crippen molar-refractivity contribution in [2.24, 2.45) is 0 Å².